The Morgan fingerprint density at radius 1 is 1.12 bits per heavy atom. The Morgan fingerprint density at radius 2 is 1.88 bits per heavy atom. The fraction of sp³-hybridized carbons (Fsp3) is 0.273. The molecule has 0 spiro atoms. The van der Waals surface area contributed by atoms with Gasteiger partial charge >= 0.3 is 0 Å². The maximum absolute atomic E-state index is 9.67. The minimum Gasteiger partial charge on any atom is -0.371 e. The normalized spacial score (nSPS) is 14.8. The Hall–Kier alpha value is -3.06. The molecule has 3 aromatic rings. The molecule has 2 aromatic carbocycles. The van der Waals surface area contributed by atoms with E-state index in [-0.39, 0.29) is 0 Å². The number of fused-ring (bicyclic) bond motifs is 1. The van der Waals surface area contributed by atoms with E-state index in [1.165, 1.54) is 29.7 Å². The number of para-hydroxylation sites is 2. The smallest absolute Gasteiger partial charge is 0.149 e. The lowest BCUT2D eigenvalue weighted by Gasteiger charge is -2.22. The third-order valence-electron chi connectivity index (χ3n) is 5.31. The predicted molar refractivity (Wildman–Crippen MR) is 107 cm³/mol. The summed E-state index contributed by atoms with van der Waals surface area (Å²) in [6, 6.07) is 14.4. The zero-order chi connectivity index (χ0) is 18.1. The first-order chi connectivity index (χ1) is 12.7. The van der Waals surface area contributed by atoms with Gasteiger partial charge in [0, 0.05) is 18.8 Å². The molecule has 0 saturated carbocycles. The molecule has 2 heterocycles. The standard InChI is InChI=1S/C22H22N4/c1-15-16(2)21(26-11-5-6-12-26)10-9-17(15)13-18(14-23)22-24-19-7-3-4-8-20(19)25-22/h3-4,7-10,13H,5-6,11-12H2,1-2H3,(H,24,25). The summed E-state index contributed by atoms with van der Waals surface area (Å²) in [5.74, 6) is 0.620. The molecular weight excluding hydrogens is 320 g/mol. The number of hydrogen-bond acceptors (Lipinski definition) is 3. The van der Waals surface area contributed by atoms with E-state index in [0.29, 0.717) is 11.4 Å². The van der Waals surface area contributed by atoms with E-state index in [1.54, 1.807) is 0 Å². The Bertz CT molecular complexity index is 997. The summed E-state index contributed by atoms with van der Waals surface area (Å²) in [5.41, 5.74) is 7.28. The first-order valence-corrected chi connectivity index (χ1v) is 9.09. The number of benzene rings is 2. The maximum atomic E-state index is 9.67. The van der Waals surface area contributed by atoms with Crippen molar-refractivity contribution >= 4 is 28.4 Å². The number of nitriles is 1. The molecule has 1 fully saturated rings. The van der Waals surface area contributed by atoms with Crippen molar-refractivity contribution in [2.45, 2.75) is 26.7 Å². The molecule has 0 atom stereocenters. The van der Waals surface area contributed by atoms with Crippen molar-refractivity contribution in [3.05, 3.63) is 58.9 Å². The highest BCUT2D eigenvalue weighted by molar-refractivity contribution is 5.91. The molecular formula is C22H22N4. The van der Waals surface area contributed by atoms with E-state index < -0.39 is 0 Å². The molecule has 1 N–H and O–H groups in total. The largest absolute Gasteiger partial charge is 0.371 e. The lowest BCUT2D eigenvalue weighted by atomic mass is 9.99. The molecule has 4 rings (SSSR count). The second kappa shape index (κ2) is 6.68. The van der Waals surface area contributed by atoms with Crippen molar-refractivity contribution in [2.24, 2.45) is 0 Å². The summed E-state index contributed by atoms with van der Waals surface area (Å²) in [5, 5.41) is 9.67. The molecule has 1 saturated heterocycles. The van der Waals surface area contributed by atoms with Crippen LogP contribution < -0.4 is 4.90 Å². The summed E-state index contributed by atoms with van der Waals surface area (Å²) in [7, 11) is 0. The van der Waals surface area contributed by atoms with Crippen molar-refractivity contribution < 1.29 is 0 Å². The molecule has 1 aliphatic rings. The molecule has 4 heteroatoms. The van der Waals surface area contributed by atoms with Crippen LogP contribution in [-0.4, -0.2) is 23.1 Å². The van der Waals surface area contributed by atoms with Crippen molar-refractivity contribution in [3.8, 4) is 6.07 Å². The van der Waals surface area contributed by atoms with Crippen LogP contribution in [0.4, 0.5) is 5.69 Å². The second-order valence-electron chi connectivity index (χ2n) is 6.89. The second-order valence-corrected chi connectivity index (χ2v) is 6.89. The van der Waals surface area contributed by atoms with Gasteiger partial charge in [0.2, 0.25) is 0 Å². The van der Waals surface area contributed by atoms with Gasteiger partial charge in [-0.15, -0.1) is 0 Å². The molecule has 4 nitrogen and oxygen atoms in total. The van der Waals surface area contributed by atoms with Gasteiger partial charge in [-0.2, -0.15) is 5.26 Å². The highest BCUT2D eigenvalue weighted by atomic mass is 15.1. The number of imidazole rings is 1. The van der Waals surface area contributed by atoms with E-state index in [4.69, 9.17) is 0 Å². The lowest BCUT2D eigenvalue weighted by Crippen LogP contribution is -2.19. The molecule has 0 unspecified atom stereocenters. The van der Waals surface area contributed by atoms with E-state index in [0.717, 1.165) is 29.7 Å². The minimum absolute atomic E-state index is 0.553. The molecule has 0 radical (unpaired) electrons. The quantitative estimate of drug-likeness (QED) is 0.693. The molecule has 26 heavy (non-hydrogen) atoms. The zero-order valence-corrected chi connectivity index (χ0v) is 15.2. The Labute approximate surface area is 153 Å². The summed E-state index contributed by atoms with van der Waals surface area (Å²) >= 11 is 0. The average Bonchev–Trinajstić information content (AvgIpc) is 3.32. The van der Waals surface area contributed by atoms with Crippen molar-refractivity contribution in [3.63, 3.8) is 0 Å². The summed E-state index contributed by atoms with van der Waals surface area (Å²) in [6.45, 7) is 6.58. The molecule has 0 amide bonds. The van der Waals surface area contributed by atoms with Gasteiger partial charge in [-0.05, 0) is 67.7 Å². The lowest BCUT2D eigenvalue weighted by molar-refractivity contribution is 0.949. The number of hydrogen-bond donors (Lipinski definition) is 1. The zero-order valence-electron chi connectivity index (χ0n) is 15.2. The van der Waals surface area contributed by atoms with Crippen molar-refractivity contribution in [1.29, 1.82) is 5.26 Å². The van der Waals surface area contributed by atoms with Crippen LogP contribution in [0.5, 0.6) is 0 Å². The van der Waals surface area contributed by atoms with Crippen LogP contribution in [0.25, 0.3) is 22.7 Å². The van der Waals surface area contributed by atoms with E-state index >= 15 is 0 Å². The van der Waals surface area contributed by atoms with E-state index in [9.17, 15) is 5.26 Å². The van der Waals surface area contributed by atoms with Crippen LogP contribution in [0.15, 0.2) is 36.4 Å². The van der Waals surface area contributed by atoms with Gasteiger partial charge in [-0.1, -0.05) is 18.2 Å². The third kappa shape index (κ3) is 2.86. The molecule has 0 bridgehead atoms. The van der Waals surface area contributed by atoms with Gasteiger partial charge in [-0.3, -0.25) is 0 Å². The number of aromatic amines is 1. The van der Waals surface area contributed by atoms with Crippen LogP contribution in [0.2, 0.25) is 0 Å². The van der Waals surface area contributed by atoms with E-state index in [1.807, 2.05) is 30.3 Å². The summed E-state index contributed by atoms with van der Waals surface area (Å²) in [4.78, 5) is 10.3. The predicted octanol–water partition coefficient (Wildman–Crippen LogP) is 4.84. The number of H-pyrrole nitrogens is 1. The Balaban J connectivity index is 1.73. The third-order valence-corrected chi connectivity index (χ3v) is 5.31. The van der Waals surface area contributed by atoms with Crippen LogP contribution >= 0.6 is 0 Å². The number of anilines is 1. The van der Waals surface area contributed by atoms with Gasteiger partial charge in [-0.25, -0.2) is 4.98 Å². The fourth-order valence-corrected chi connectivity index (χ4v) is 3.67. The number of allylic oxidation sites excluding steroid dienone is 1. The van der Waals surface area contributed by atoms with Gasteiger partial charge in [0.25, 0.3) is 0 Å². The highest BCUT2D eigenvalue weighted by Gasteiger charge is 2.16. The first kappa shape index (κ1) is 16.4. The topological polar surface area (TPSA) is 55.7 Å². The van der Waals surface area contributed by atoms with Crippen LogP contribution in [0, 0.1) is 25.2 Å². The van der Waals surface area contributed by atoms with Crippen molar-refractivity contribution in [2.75, 3.05) is 18.0 Å². The van der Waals surface area contributed by atoms with Crippen LogP contribution in [0.3, 0.4) is 0 Å². The number of rotatable bonds is 3. The van der Waals surface area contributed by atoms with Gasteiger partial charge in [0.05, 0.1) is 16.6 Å². The van der Waals surface area contributed by atoms with Gasteiger partial charge < -0.3 is 9.88 Å². The molecule has 130 valence electrons. The van der Waals surface area contributed by atoms with Gasteiger partial charge in [0.1, 0.15) is 11.9 Å². The minimum atomic E-state index is 0.553. The SMILES string of the molecule is Cc1c(C=C(C#N)c2nc3ccccc3[nH]2)ccc(N2CCCC2)c1C. The average molecular weight is 342 g/mol. The number of nitrogens with zero attached hydrogens (tertiary/aromatic N) is 3. The molecule has 1 aliphatic heterocycles. The summed E-state index contributed by atoms with van der Waals surface area (Å²) < 4.78 is 0. The van der Waals surface area contributed by atoms with E-state index in [2.05, 4.69) is 46.9 Å². The Kier molecular flexibility index (Phi) is 4.22. The molecule has 1 aromatic heterocycles. The number of nitrogens with one attached hydrogen (secondary N) is 1. The molecule has 0 aliphatic carbocycles. The summed E-state index contributed by atoms with van der Waals surface area (Å²) in [6.07, 6.45) is 4.48. The Morgan fingerprint density at radius 3 is 2.62 bits per heavy atom. The van der Waals surface area contributed by atoms with Crippen molar-refractivity contribution in [1.82, 2.24) is 9.97 Å². The van der Waals surface area contributed by atoms with Crippen LogP contribution in [-0.2, 0) is 0 Å². The van der Waals surface area contributed by atoms with Crippen LogP contribution in [0.1, 0.15) is 35.4 Å². The monoisotopic (exact) mass is 342 g/mol. The highest BCUT2D eigenvalue weighted by Crippen LogP contribution is 2.30. The maximum Gasteiger partial charge on any atom is 0.149 e. The number of aromatic nitrogens is 2. The first-order valence-electron chi connectivity index (χ1n) is 9.09. The van der Waals surface area contributed by atoms with Gasteiger partial charge in [0.15, 0.2) is 0 Å². The fourth-order valence-electron chi connectivity index (χ4n) is 3.67.